The van der Waals surface area contributed by atoms with Crippen molar-refractivity contribution in [2.75, 3.05) is 12.3 Å². The summed E-state index contributed by atoms with van der Waals surface area (Å²) in [4.78, 5) is 36.1. The molecule has 9 heteroatoms. The van der Waals surface area contributed by atoms with Crippen molar-refractivity contribution >= 4 is 28.8 Å². The normalized spacial score (nSPS) is 16.7. The first-order valence-electron chi connectivity index (χ1n) is 8.86. The van der Waals surface area contributed by atoms with Gasteiger partial charge < -0.3 is 20.9 Å². The molecule has 1 fully saturated rings. The zero-order chi connectivity index (χ0) is 18.7. The third-order valence-corrected chi connectivity index (χ3v) is 5.15. The highest BCUT2D eigenvalue weighted by Gasteiger charge is 2.39. The zero-order valence-electron chi connectivity index (χ0n) is 15.2. The van der Waals surface area contributed by atoms with E-state index in [1.165, 1.54) is 19.7 Å². The first-order chi connectivity index (χ1) is 12.4. The number of carbonyl (C=O) groups is 2. The van der Waals surface area contributed by atoms with Gasteiger partial charge in [0.05, 0.1) is 11.9 Å². The number of nitrogens with one attached hydrogen (secondary N) is 2. The van der Waals surface area contributed by atoms with Gasteiger partial charge in [-0.25, -0.2) is 15.0 Å². The Hall–Kier alpha value is -2.71. The Labute approximate surface area is 151 Å². The number of fused-ring (bicyclic) bond motifs is 1. The van der Waals surface area contributed by atoms with E-state index in [0.29, 0.717) is 36.0 Å². The number of rotatable bonds is 7. The van der Waals surface area contributed by atoms with Crippen LogP contribution in [0.3, 0.4) is 0 Å². The predicted molar refractivity (Wildman–Crippen MR) is 96.9 cm³/mol. The van der Waals surface area contributed by atoms with Crippen LogP contribution in [0.15, 0.2) is 12.7 Å². The Morgan fingerprint density at radius 1 is 1.35 bits per heavy atom. The van der Waals surface area contributed by atoms with Crippen LogP contribution >= 0.6 is 0 Å². The Bertz CT molecular complexity index is 815. The summed E-state index contributed by atoms with van der Waals surface area (Å²) in [6.45, 7) is 4.38. The van der Waals surface area contributed by atoms with E-state index in [0.717, 1.165) is 12.8 Å². The van der Waals surface area contributed by atoms with Crippen molar-refractivity contribution in [2.45, 2.75) is 51.6 Å². The van der Waals surface area contributed by atoms with Crippen LogP contribution in [0.1, 0.15) is 39.5 Å². The number of nitrogens with zero attached hydrogens (tertiary/aromatic N) is 4. The first kappa shape index (κ1) is 18.1. The van der Waals surface area contributed by atoms with E-state index in [9.17, 15) is 9.59 Å². The van der Waals surface area contributed by atoms with Crippen molar-refractivity contribution in [1.29, 1.82) is 0 Å². The number of nitrogen functional groups attached to an aromatic ring is 1. The van der Waals surface area contributed by atoms with Gasteiger partial charge in [-0.2, -0.15) is 0 Å². The molecule has 140 valence electrons. The lowest BCUT2D eigenvalue weighted by atomic mass is 9.71. The molecule has 1 unspecified atom stereocenters. The van der Waals surface area contributed by atoms with Crippen LogP contribution in [0.4, 0.5) is 5.82 Å². The van der Waals surface area contributed by atoms with Crippen LogP contribution in [0.5, 0.6) is 0 Å². The summed E-state index contributed by atoms with van der Waals surface area (Å²) in [6, 6.07) is 0. The van der Waals surface area contributed by atoms with Crippen LogP contribution in [-0.2, 0) is 16.1 Å². The van der Waals surface area contributed by atoms with Crippen molar-refractivity contribution in [2.24, 2.45) is 5.92 Å². The highest BCUT2D eigenvalue weighted by Crippen LogP contribution is 2.36. The van der Waals surface area contributed by atoms with Crippen LogP contribution in [-0.4, -0.2) is 43.4 Å². The third-order valence-electron chi connectivity index (χ3n) is 5.15. The lowest BCUT2D eigenvalue weighted by Gasteiger charge is -2.43. The van der Waals surface area contributed by atoms with Crippen molar-refractivity contribution in [3.8, 4) is 0 Å². The molecule has 0 aliphatic heterocycles. The van der Waals surface area contributed by atoms with Crippen molar-refractivity contribution in [3.63, 3.8) is 0 Å². The molecule has 2 aromatic rings. The van der Waals surface area contributed by atoms with Crippen molar-refractivity contribution < 1.29 is 9.59 Å². The molecule has 9 nitrogen and oxygen atoms in total. The molecular weight excluding hydrogens is 334 g/mol. The maximum atomic E-state index is 12.5. The van der Waals surface area contributed by atoms with Gasteiger partial charge in [-0.3, -0.25) is 9.59 Å². The Kier molecular flexibility index (Phi) is 5.06. The third kappa shape index (κ3) is 3.76. The van der Waals surface area contributed by atoms with Crippen LogP contribution in [0.25, 0.3) is 11.2 Å². The molecule has 1 aliphatic rings. The molecule has 0 saturated heterocycles. The molecule has 3 rings (SSSR count). The number of aromatic nitrogens is 4. The molecule has 26 heavy (non-hydrogen) atoms. The number of anilines is 1. The largest absolute Gasteiger partial charge is 0.382 e. The smallest absolute Gasteiger partial charge is 0.222 e. The van der Waals surface area contributed by atoms with Gasteiger partial charge in [-0.05, 0) is 25.7 Å². The highest BCUT2D eigenvalue weighted by molar-refractivity contribution is 5.81. The molecule has 2 amide bonds. The van der Waals surface area contributed by atoms with E-state index >= 15 is 0 Å². The Morgan fingerprint density at radius 2 is 2.12 bits per heavy atom. The van der Waals surface area contributed by atoms with E-state index in [4.69, 9.17) is 5.73 Å². The molecule has 0 bridgehead atoms. The molecule has 1 saturated carbocycles. The summed E-state index contributed by atoms with van der Waals surface area (Å²) in [5.74, 6) is 0.562. The molecule has 2 aromatic heterocycles. The molecule has 1 atom stereocenters. The molecule has 0 spiro atoms. The Morgan fingerprint density at radius 3 is 2.77 bits per heavy atom. The predicted octanol–water partition coefficient (Wildman–Crippen LogP) is 0.610. The van der Waals surface area contributed by atoms with Gasteiger partial charge in [0.2, 0.25) is 11.8 Å². The molecule has 0 radical (unpaired) electrons. The molecule has 0 aromatic carbocycles. The summed E-state index contributed by atoms with van der Waals surface area (Å²) in [5, 5.41) is 5.97. The van der Waals surface area contributed by atoms with E-state index in [2.05, 4.69) is 25.6 Å². The maximum Gasteiger partial charge on any atom is 0.222 e. The van der Waals surface area contributed by atoms with Crippen LogP contribution < -0.4 is 16.4 Å². The highest BCUT2D eigenvalue weighted by atomic mass is 16.2. The fourth-order valence-electron chi connectivity index (χ4n) is 3.31. The minimum absolute atomic E-state index is 0.0615. The monoisotopic (exact) mass is 359 g/mol. The van der Waals surface area contributed by atoms with Crippen molar-refractivity contribution in [1.82, 2.24) is 30.2 Å². The van der Waals surface area contributed by atoms with Crippen LogP contribution in [0, 0.1) is 5.92 Å². The number of amides is 2. The van der Waals surface area contributed by atoms with Gasteiger partial charge in [0.25, 0.3) is 0 Å². The minimum Gasteiger partial charge on any atom is -0.382 e. The Balaban J connectivity index is 1.62. The molecule has 2 heterocycles. The summed E-state index contributed by atoms with van der Waals surface area (Å²) in [5.41, 5.74) is 6.51. The quantitative estimate of drug-likeness (QED) is 0.664. The number of hydrogen-bond acceptors (Lipinski definition) is 6. The summed E-state index contributed by atoms with van der Waals surface area (Å²) < 4.78 is 1.79. The second-order valence-electron chi connectivity index (χ2n) is 7.12. The van der Waals surface area contributed by atoms with Crippen molar-refractivity contribution in [3.05, 3.63) is 12.7 Å². The average Bonchev–Trinajstić information content (AvgIpc) is 2.94. The second kappa shape index (κ2) is 7.27. The molecule has 4 N–H and O–H groups in total. The summed E-state index contributed by atoms with van der Waals surface area (Å²) in [7, 11) is 0. The summed E-state index contributed by atoms with van der Waals surface area (Å²) >= 11 is 0. The SMILES string of the molecule is CC(=O)NCC(C)(NC(=O)CCn1cnc2c(N)ncnc21)C1CCC1. The maximum absolute atomic E-state index is 12.5. The average molecular weight is 359 g/mol. The summed E-state index contributed by atoms with van der Waals surface area (Å²) in [6.07, 6.45) is 6.59. The lowest BCUT2D eigenvalue weighted by molar-refractivity contribution is -0.125. The van der Waals surface area contributed by atoms with Gasteiger partial charge in [0.15, 0.2) is 11.5 Å². The van der Waals surface area contributed by atoms with E-state index in [-0.39, 0.29) is 18.2 Å². The van der Waals surface area contributed by atoms with Gasteiger partial charge in [-0.1, -0.05) is 6.42 Å². The molecular formula is C17H25N7O2. The number of nitrogens with two attached hydrogens (primary N) is 1. The number of imidazole rings is 1. The number of carbonyl (C=O) groups excluding carboxylic acids is 2. The first-order valence-corrected chi connectivity index (χ1v) is 8.86. The number of aryl methyl sites for hydroxylation is 1. The fourth-order valence-corrected chi connectivity index (χ4v) is 3.31. The standard InChI is InChI=1S/C17H25N7O2/c1-11(25)19-8-17(2,12-4-3-5-12)23-13(26)6-7-24-10-22-14-15(18)20-9-21-16(14)24/h9-10,12H,3-8H2,1-2H3,(H,19,25)(H,23,26)(H2,18,20,21). The topological polar surface area (TPSA) is 128 Å². The van der Waals surface area contributed by atoms with Crippen LogP contribution in [0.2, 0.25) is 0 Å². The van der Waals surface area contributed by atoms with E-state index in [1.54, 1.807) is 10.9 Å². The second-order valence-corrected chi connectivity index (χ2v) is 7.12. The molecule has 1 aliphatic carbocycles. The lowest BCUT2D eigenvalue weighted by Crippen LogP contribution is -2.59. The van der Waals surface area contributed by atoms with E-state index < -0.39 is 5.54 Å². The van der Waals surface area contributed by atoms with Gasteiger partial charge >= 0.3 is 0 Å². The number of hydrogen-bond donors (Lipinski definition) is 3. The van der Waals surface area contributed by atoms with Gasteiger partial charge in [-0.15, -0.1) is 0 Å². The fraction of sp³-hybridized carbons (Fsp3) is 0.588. The minimum atomic E-state index is -0.426. The van der Waals surface area contributed by atoms with Gasteiger partial charge in [0, 0.05) is 26.4 Å². The van der Waals surface area contributed by atoms with Gasteiger partial charge in [0.1, 0.15) is 11.8 Å². The zero-order valence-corrected chi connectivity index (χ0v) is 15.2. The van der Waals surface area contributed by atoms with E-state index in [1.807, 2.05) is 6.92 Å².